The quantitative estimate of drug-likeness (QED) is 0.586. The maximum absolute atomic E-state index is 6.25. The lowest BCUT2D eigenvalue weighted by molar-refractivity contribution is 0.461. The molecule has 1 aromatic carbocycles. The number of benzene rings is 1. The highest BCUT2D eigenvalue weighted by atomic mass is 15.3. The molecule has 4 rings (SSSR count). The number of fused-ring (bicyclic) bond motifs is 1. The van der Waals surface area contributed by atoms with Crippen LogP contribution < -0.4 is 21.6 Å². The van der Waals surface area contributed by atoms with E-state index in [0.29, 0.717) is 17.8 Å². The van der Waals surface area contributed by atoms with Crippen LogP contribution in [-0.4, -0.2) is 34.7 Å². The van der Waals surface area contributed by atoms with Crippen LogP contribution >= 0.6 is 0 Å². The number of nitrogens with one attached hydrogen (secondary N) is 1. The molecule has 2 aliphatic rings. The Balaban J connectivity index is 1.49. The molecule has 29 heavy (non-hydrogen) atoms. The summed E-state index contributed by atoms with van der Waals surface area (Å²) in [6.07, 6.45) is 15.6. The van der Waals surface area contributed by atoms with Gasteiger partial charge in [-0.2, -0.15) is 5.10 Å². The summed E-state index contributed by atoms with van der Waals surface area (Å²) in [5.41, 5.74) is 8.44. The first-order valence-electron chi connectivity index (χ1n) is 10.8. The summed E-state index contributed by atoms with van der Waals surface area (Å²) in [5, 5.41) is 10.4. The van der Waals surface area contributed by atoms with Crippen molar-refractivity contribution in [1.82, 2.24) is 15.1 Å². The van der Waals surface area contributed by atoms with Crippen LogP contribution in [0.4, 0.5) is 0 Å². The van der Waals surface area contributed by atoms with Gasteiger partial charge in [0.25, 0.3) is 0 Å². The first kappa shape index (κ1) is 19.6. The number of allylic oxidation sites excluding steroid dienone is 2. The minimum absolute atomic E-state index is 0.291. The van der Waals surface area contributed by atoms with Crippen LogP contribution in [0.25, 0.3) is 12.2 Å². The number of nitrogens with zero attached hydrogens (tertiary/aromatic N) is 3. The molecule has 152 valence electrons. The van der Waals surface area contributed by atoms with E-state index in [1.165, 1.54) is 29.0 Å². The third kappa shape index (κ3) is 4.85. The molecule has 5 heteroatoms. The molecule has 2 heterocycles. The molecule has 1 aliphatic heterocycles. The maximum atomic E-state index is 6.25. The van der Waals surface area contributed by atoms with Gasteiger partial charge in [-0.05, 0) is 43.4 Å². The van der Waals surface area contributed by atoms with E-state index in [1.54, 1.807) is 0 Å². The standard InChI is InChI=1S/C24H31N5/c1-2-5-18-6-3-8-23-21(14-18)15-27-29(23)17-19-9-11-20(12-10-19)24(25)28-22-7-4-13-26-16-22/h3,6,8-12,14-15,18,22,26H,2,4-5,7,13,16-17H2,1H3,(H2,25,28). The number of piperidine rings is 1. The second-order valence-corrected chi connectivity index (χ2v) is 8.03. The van der Waals surface area contributed by atoms with Crippen molar-refractivity contribution >= 4 is 18.0 Å². The predicted octanol–water partition coefficient (Wildman–Crippen LogP) is 1.94. The van der Waals surface area contributed by atoms with Crippen molar-refractivity contribution in [3.63, 3.8) is 0 Å². The van der Waals surface area contributed by atoms with Gasteiger partial charge in [0.2, 0.25) is 0 Å². The molecule has 3 N–H and O–H groups in total. The zero-order chi connectivity index (χ0) is 20.1. The average molecular weight is 390 g/mol. The van der Waals surface area contributed by atoms with E-state index >= 15 is 0 Å². The number of hydrogen-bond acceptors (Lipinski definition) is 3. The molecule has 2 unspecified atom stereocenters. The Hall–Kier alpha value is -2.66. The summed E-state index contributed by atoms with van der Waals surface area (Å²) in [4.78, 5) is 4.70. The molecule has 0 amide bonds. The fraction of sp³-hybridized carbons (Fsp3) is 0.417. The van der Waals surface area contributed by atoms with Crippen LogP contribution in [0.3, 0.4) is 0 Å². The Bertz CT molecular complexity index is 991. The van der Waals surface area contributed by atoms with Gasteiger partial charge in [-0.25, -0.2) is 0 Å². The van der Waals surface area contributed by atoms with E-state index in [0.717, 1.165) is 38.0 Å². The Morgan fingerprint density at radius 1 is 1.31 bits per heavy atom. The third-order valence-electron chi connectivity index (χ3n) is 5.71. The minimum Gasteiger partial charge on any atom is -0.383 e. The maximum Gasteiger partial charge on any atom is 0.125 e. The van der Waals surface area contributed by atoms with Crippen LogP contribution in [0, 0.1) is 5.92 Å². The lowest BCUT2D eigenvalue weighted by Crippen LogP contribution is -2.34. The van der Waals surface area contributed by atoms with Gasteiger partial charge in [0.15, 0.2) is 0 Å². The van der Waals surface area contributed by atoms with Gasteiger partial charge < -0.3 is 11.1 Å². The van der Waals surface area contributed by atoms with E-state index in [9.17, 15) is 0 Å². The van der Waals surface area contributed by atoms with Gasteiger partial charge in [0.1, 0.15) is 5.84 Å². The largest absolute Gasteiger partial charge is 0.383 e. The summed E-state index contributed by atoms with van der Waals surface area (Å²) in [6.45, 7) is 4.98. The molecule has 5 nitrogen and oxygen atoms in total. The number of amidine groups is 1. The molecule has 1 aliphatic carbocycles. The van der Waals surface area contributed by atoms with Crippen LogP contribution in [0.2, 0.25) is 0 Å². The van der Waals surface area contributed by atoms with Crippen molar-refractivity contribution in [2.75, 3.05) is 13.1 Å². The average Bonchev–Trinajstić information content (AvgIpc) is 2.98. The zero-order valence-electron chi connectivity index (χ0n) is 17.2. The third-order valence-corrected chi connectivity index (χ3v) is 5.71. The molecule has 1 saturated heterocycles. The second-order valence-electron chi connectivity index (χ2n) is 8.03. The SMILES string of the molecule is CCCC1C=CC=c2c(cnn2Cc2ccc(C(N)=NC3CCCNC3)cc2)=C1. The Labute approximate surface area is 172 Å². The molecular weight excluding hydrogens is 358 g/mol. The summed E-state index contributed by atoms with van der Waals surface area (Å²) in [7, 11) is 0. The lowest BCUT2D eigenvalue weighted by Gasteiger charge is -2.19. The molecule has 0 saturated carbocycles. The van der Waals surface area contributed by atoms with Crippen LogP contribution in [-0.2, 0) is 6.54 Å². The van der Waals surface area contributed by atoms with E-state index < -0.39 is 0 Å². The van der Waals surface area contributed by atoms with Gasteiger partial charge in [0, 0.05) is 17.3 Å². The van der Waals surface area contributed by atoms with E-state index in [2.05, 4.69) is 70.6 Å². The topological polar surface area (TPSA) is 68.2 Å². The molecule has 2 atom stereocenters. The van der Waals surface area contributed by atoms with E-state index in [4.69, 9.17) is 10.7 Å². The molecule has 1 fully saturated rings. The van der Waals surface area contributed by atoms with Crippen molar-refractivity contribution in [1.29, 1.82) is 0 Å². The fourth-order valence-electron chi connectivity index (χ4n) is 4.10. The van der Waals surface area contributed by atoms with Crippen molar-refractivity contribution in [2.45, 2.75) is 45.2 Å². The first-order valence-corrected chi connectivity index (χ1v) is 10.8. The molecule has 1 aromatic heterocycles. The minimum atomic E-state index is 0.291. The molecular formula is C24H31N5. The highest BCUT2D eigenvalue weighted by Crippen LogP contribution is 2.11. The second kappa shape index (κ2) is 9.23. The molecule has 0 bridgehead atoms. The monoisotopic (exact) mass is 389 g/mol. The van der Waals surface area contributed by atoms with Crippen molar-refractivity contribution in [2.24, 2.45) is 16.6 Å². The van der Waals surface area contributed by atoms with Gasteiger partial charge in [-0.3, -0.25) is 9.67 Å². The normalized spacial score (nSPS) is 21.8. The highest BCUT2D eigenvalue weighted by Gasteiger charge is 2.12. The summed E-state index contributed by atoms with van der Waals surface area (Å²) < 4.78 is 2.07. The van der Waals surface area contributed by atoms with E-state index in [-0.39, 0.29) is 0 Å². The smallest absolute Gasteiger partial charge is 0.125 e. The van der Waals surface area contributed by atoms with Crippen molar-refractivity contribution < 1.29 is 0 Å². The first-order chi connectivity index (χ1) is 14.2. The van der Waals surface area contributed by atoms with Crippen LogP contribution in [0.5, 0.6) is 0 Å². The zero-order valence-corrected chi connectivity index (χ0v) is 17.2. The van der Waals surface area contributed by atoms with Crippen LogP contribution in [0.1, 0.15) is 43.7 Å². The number of hydrogen-bond donors (Lipinski definition) is 2. The van der Waals surface area contributed by atoms with Crippen LogP contribution in [0.15, 0.2) is 47.6 Å². The van der Waals surface area contributed by atoms with Gasteiger partial charge in [0.05, 0.1) is 24.1 Å². The summed E-state index contributed by atoms with van der Waals surface area (Å²) in [5.74, 6) is 1.13. The van der Waals surface area contributed by atoms with Gasteiger partial charge in [-0.1, -0.05) is 55.8 Å². The molecule has 2 aromatic rings. The summed E-state index contributed by atoms with van der Waals surface area (Å²) in [6, 6.07) is 8.68. The van der Waals surface area contributed by atoms with Crippen molar-refractivity contribution in [3.8, 4) is 0 Å². The number of aromatic nitrogens is 2. The Morgan fingerprint density at radius 2 is 2.17 bits per heavy atom. The Kier molecular flexibility index (Phi) is 6.25. The highest BCUT2D eigenvalue weighted by molar-refractivity contribution is 5.97. The predicted molar refractivity (Wildman–Crippen MR) is 120 cm³/mol. The molecule has 0 radical (unpaired) electrons. The lowest BCUT2D eigenvalue weighted by atomic mass is 10.0. The molecule has 0 spiro atoms. The van der Waals surface area contributed by atoms with Gasteiger partial charge >= 0.3 is 0 Å². The Morgan fingerprint density at radius 3 is 2.93 bits per heavy atom. The fourth-order valence-corrected chi connectivity index (χ4v) is 4.10. The van der Waals surface area contributed by atoms with E-state index in [1.807, 2.05) is 6.20 Å². The number of rotatable bonds is 6. The number of aliphatic imine (C=N–C) groups is 1. The van der Waals surface area contributed by atoms with Crippen molar-refractivity contribution in [3.05, 3.63) is 64.3 Å². The summed E-state index contributed by atoms with van der Waals surface area (Å²) >= 11 is 0. The van der Waals surface area contributed by atoms with Gasteiger partial charge in [-0.15, -0.1) is 0 Å². The number of nitrogens with two attached hydrogens (primary N) is 1.